The van der Waals surface area contributed by atoms with Crippen LogP contribution < -0.4 is 10.6 Å². The predicted molar refractivity (Wildman–Crippen MR) is 84.2 cm³/mol. The van der Waals surface area contributed by atoms with Crippen molar-refractivity contribution in [3.05, 3.63) is 40.6 Å². The number of nitrogens with zero attached hydrogens (tertiary/aromatic N) is 1. The predicted octanol–water partition coefficient (Wildman–Crippen LogP) is 4.24. The molecule has 1 amide bonds. The van der Waals surface area contributed by atoms with Gasteiger partial charge in [-0.15, -0.1) is 0 Å². The van der Waals surface area contributed by atoms with Gasteiger partial charge in [-0.3, -0.25) is 4.79 Å². The second kappa shape index (κ2) is 7.58. The standard InChI is InChI=1S/C16H15ClF3N3O/c17-14-6-5-12(7-13(14)16(18,19)20)22-9-10(8-21)15(24)23-11-3-1-2-4-11/h5-7,9,11,22H,1-4H2,(H,23,24)/b10-9-. The van der Waals surface area contributed by atoms with Crippen molar-refractivity contribution in [3.8, 4) is 6.07 Å². The van der Waals surface area contributed by atoms with Crippen LogP contribution in [0.3, 0.4) is 0 Å². The Morgan fingerprint density at radius 2 is 2.00 bits per heavy atom. The van der Waals surface area contributed by atoms with Crippen LogP contribution in [-0.4, -0.2) is 11.9 Å². The summed E-state index contributed by atoms with van der Waals surface area (Å²) < 4.78 is 38.4. The summed E-state index contributed by atoms with van der Waals surface area (Å²) in [6, 6.07) is 5.04. The van der Waals surface area contributed by atoms with Crippen molar-refractivity contribution in [2.45, 2.75) is 37.9 Å². The first-order valence-corrected chi connectivity index (χ1v) is 7.73. The number of anilines is 1. The average molecular weight is 358 g/mol. The Morgan fingerprint density at radius 3 is 2.58 bits per heavy atom. The largest absolute Gasteiger partial charge is 0.417 e. The Hall–Kier alpha value is -2.20. The Bertz CT molecular complexity index is 689. The van der Waals surface area contributed by atoms with Crippen molar-refractivity contribution in [1.82, 2.24) is 5.32 Å². The van der Waals surface area contributed by atoms with Crippen molar-refractivity contribution in [1.29, 1.82) is 5.26 Å². The van der Waals surface area contributed by atoms with Crippen LogP contribution in [0, 0.1) is 11.3 Å². The van der Waals surface area contributed by atoms with Crippen LogP contribution >= 0.6 is 11.6 Å². The van der Waals surface area contributed by atoms with E-state index in [4.69, 9.17) is 16.9 Å². The molecule has 1 aromatic rings. The molecule has 0 heterocycles. The highest BCUT2D eigenvalue weighted by molar-refractivity contribution is 6.31. The van der Waals surface area contributed by atoms with Crippen molar-refractivity contribution < 1.29 is 18.0 Å². The summed E-state index contributed by atoms with van der Waals surface area (Å²) in [5, 5.41) is 13.9. The molecule has 128 valence electrons. The number of nitrogens with one attached hydrogen (secondary N) is 2. The molecule has 8 heteroatoms. The SMILES string of the molecule is N#C/C(=C/Nc1ccc(Cl)c(C(F)(F)F)c1)C(=O)NC1CCCC1. The lowest BCUT2D eigenvalue weighted by Crippen LogP contribution is -2.33. The first-order chi connectivity index (χ1) is 11.3. The highest BCUT2D eigenvalue weighted by Gasteiger charge is 2.33. The third-order valence-electron chi connectivity index (χ3n) is 3.71. The average Bonchev–Trinajstić information content (AvgIpc) is 3.01. The number of carbonyl (C=O) groups excluding carboxylic acids is 1. The molecular weight excluding hydrogens is 343 g/mol. The van der Waals surface area contributed by atoms with E-state index in [1.54, 1.807) is 6.07 Å². The fourth-order valence-corrected chi connectivity index (χ4v) is 2.69. The molecule has 0 unspecified atom stereocenters. The number of benzene rings is 1. The second-order valence-corrected chi connectivity index (χ2v) is 5.87. The van der Waals surface area contributed by atoms with Crippen LogP contribution in [0.15, 0.2) is 30.0 Å². The number of nitriles is 1. The number of halogens is 4. The maximum Gasteiger partial charge on any atom is 0.417 e. The Morgan fingerprint density at radius 1 is 1.33 bits per heavy atom. The lowest BCUT2D eigenvalue weighted by atomic mass is 10.2. The molecule has 1 aliphatic carbocycles. The molecule has 0 aromatic heterocycles. The first-order valence-electron chi connectivity index (χ1n) is 7.35. The molecule has 0 radical (unpaired) electrons. The van der Waals surface area contributed by atoms with Crippen molar-refractivity contribution in [2.24, 2.45) is 0 Å². The van der Waals surface area contributed by atoms with Crippen LogP contribution in [0.1, 0.15) is 31.2 Å². The Kier molecular flexibility index (Phi) is 5.73. The summed E-state index contributed by atoms with van der Waals surface area (Å²) in [5.74, 6) is -0.540. The number of rotatable bonds is 4. The third-order valence-corrected chi connectivity index (χ3v) is 4.04. The van der Waals surface area contributed by atoms with Gasteiger partial charge < -0.3 is 10.6 Å². The lowest BCUT2D eigenvalue weighted by molar-refractivity contribution is -0.137. The van der Waals surface area contributed by atoms with Gasteiger partial charge in [-0.2, -0.15) is 18.4 Å². The monoisotopic (exact) mass is 357 g/mol. The summed E-state index contributed by atoms with van der Waals surface area (Å²) in [4.78, 5) is 12.0. The van der Waals surface area contributed by atoms with Gasteiger partial charge in [-0.05, 0) is 31.0 Å². The highest BCUT2D eigenvalue weighted by atomic mass is 35.5. The highest BCUT2D eigenvalue weighted by Crippen LogP contribution is 2.36. The molecule has 0 bridgehead atoms. The molecule has 0 aliphatic heterocycles. The first kappa shape index (κ1) is 18.1. The molecule has 0 atom stereocenters. The van der Waals surface area contributed by atoms with Gasteiger partial charge in [-0.25, -0.2) is 0 Å². The summed E-state index contributed by atoms with van der Waals surface area (Å²) in [6.07, 6.45) is 0.289. The smallest absolute Gasteiger partial charge is 0.360 e. The van der Waals surface area contributed by atoms with E-state index in [0.29, 0.717) is 0 Å². The van der Waals surface area contributed by atoms with Crippen LogP contribution in [0.4, 0.5) is 18.9 Å². The summed E-state index contributed by atoms with van der Waals surface area (Å²) in [5.41, 5.74) is -1.12. The minimum absolute atomic E-state index is 0.0432. The van der Waals surface area contributed by atoms with Crippen LogP contribution in [0.5, 0.6) is 0 Å². The summed E-state index contributed by atoms with van der Waals surface area (Å²) in [6.45, 7) is 0. The molecule has 4 nitrogen and oxygen atoms in total. The Labute approximate surface area is 142 Å². The fraction of sp³-hybridized carbons (Fsp3) is 0.375. The zero-order chi connectivity index (χ0) is 17.7. The van der Waals surface area contributed by atoms with Gasteiger partial charge in [0.05, 0.1) is 10.6 Å². The Balaban J connectivity index is 2.10. The molecule has 2 rings (SSSR count). The molecule has 0 spiro atoms. The molecule has 0 saturated heterocycles. The number of hydrogen-bond acceptors (Lipinski definition) is 3. The fourth-order valence-electron chi connectivity index (χ4n) is 2.47. The molecule has 1 aliphatic rings. The van der Waals surface area contributed by atoms with E-state index in [2.05, 4.69) is 10.6 Å². The summed E-state index contributed by atoms with van der Waals surface area (Å²) in [7, 11) is 0. The van der Waals surface area contributed by atoms with Gasteiger partial charge in [0, 0.05) is 17.9 Å². The van der Waals surface area contributed by atoms with Gasteiger partial charge in [0.1, 0.15) is 11.6 Å². The molecule has 24 heavy (non-hydrogen) atoms. The van der Waals surface area contributed by atoms with Crippen molar-refractivity contribution in [3.63, 3.8) is 0 Å². The number of carbonyl (C=O) groups is 1. The molecule has 1 aromatic carbocycles. The van der Waals surface area contributed by atoms with E-state index in [9.17, 15) is 18.0 Å². The van der Waals surface area contributed by atoms with Crippen LogP contribution in [0.25, 0.3) is 0 Å². The maximum absolute atomic E-state index is 12.8. The van der Waals surface area contributed by atoms with Crippen LogP contribution in [-0.2, 0) is 11.0 Å². The molecule has 1 saturated carbocycles. The topological polar surface area (TPSA) is 64.9 Å². The number of hydrogen-bond donors (Lipinski definition) is 2. The normalized spacial score (nSPS) is 15.9. The quantitative estimate of drug-likeness (QED) is 0.626. The zero-order valence-electron chi connectivity index (χ0n) is 12.6. The summed E-state index contributed by atoms with van der Waals surface area (Å²) >= 11 is 5.54. The van der Waals surface area contributed by atoms with Gasteiger partial charge in [0.15, 0.2) is 0 Å². The van der Waals surface area contributed by atoms with Crippen molar-refractivity contribution in [2.75, 3.05) is 5.32 Å². The number of amides is 1. The second-order valence-electron chi connectivity index (χ2n) is 5.46. The molecule has 2 N–H and O–H groups in total. The van der Waals surface area contributed by atoms with Gasteiger partial charge in [0.25, 0.3) is 5.91 Å². The van der Waals surface area contributed by atoms with Crippen LogP contribution in [0.2, 0.25) is 5.02 Å². The minimum atomic E-state index is -4.59. The van der Waals surface area contributed by atoms with E-state index in [0.717, 1.165) is 44.0 Å². The van der Waals surface area contributed by atoms with E-state index in [1.807, 2.05) is 0 Å². The van der Waals surface area contributed by atoms with E-state index >= 15 is 0 Å². The van der Waals surface area contributed by atoms with Gasteiger partial charge in [-0.1, -0.05) is 24.4 Å². The van der Waals surface area contributed by atoms with E-state index in [-0.39, 0.29) is 17.3 Å². The minimum Gasteiger partial charge on any atom is -0.360 e. The van der Waals surface area contributed by atoms with E-state index < -0.39 is 22.7 Å². The zero-order valence-corrected chi connectivity index (χ0v) is 13.3. The van der Waals surface area contributed by atoms with Gasteiger partial charge >= 0.3 is 6.18 Å². The van der Waals surface area contributed by atoms with E-state index in [1.165, 1.54) is 6.07 Å². The third kappa shape index (κ3) is 4.65. The van der Waals surface area contributed by atoms with Crippen molar-refractivity contribution >= 4 is 23.2 Å². The maximum atomic E-state index is 12.8. The molecular formula is C16H15ClF3N3O. The van der Waals surface area contributed by atoms with Gasteiger partial charge in [0.2, 0.25) is 0 Å². The molecule has 1 fully saturated rings. The number of alkyl halides is 3. The lowest BCUT2D eigenvalue weighted by Gasteiger charge is -2.12.